The molecule has 2 aromatic rings. The number of hydrogen-bond donors (Lipinski definition) is 0. The monoisotopic (exact) mass is 364 g/mol. The molecule has 6 nitrogen and oxygen atoms in total. The normalized spacial score (nSPS) is 15.9. The van der Waals surface area contributed by atoms with Crippen LogP contribution in [0.1, 0.15) is 74.5 Å². The Morgan fingerprint density at radius 2 is 0.963 bits per heavy atom. The van der Waals surface area contributed by atoms with Crippen LogP contribution in [0, 0.1) is 0 Å². The number of hydrogen-bond acceptors (Lipinski definition) is 4. The molecule has 0 atom stereocenters. The van der Waals surface area contributed by atoms with Crippen molar-refractivity contribution in [2.45, 2.75) is 33.1 Å². The van der Waals surface area contributed by atoms with Crippen LogP contribution in [0.2, 0.25) is 0 Å². The number of amides is 4. The molecule has 2 aromatic carbocycles. The molecule has 0 aromatic heterocycles. The lowest BCUT2D eigenvalue weighted by Gasteiger charge is -2.31. The first-order valence-electron chi connectivity index (χ1n) is 9.33. The number of rotatable bonds is 5. The van der Waals surface area contributed by atoms with E-state index in [0.29, 0.717) is 52.5 Å². The summed E-state index contributed by atoms with van der Waals surface area (Å²) >= 11 is 0. The second-order valence-electron chi connectivity index (χ2n) is 6.95. The van der Waals surface area contributed by atoms with Gasteiger partial charge in [-0.25, -0.2) is 0 Å². The average Bonchev–Trinajstić information content (AvgIpc) is 2.67. The highest BCUT2D eigenvalue weighted by atomic mass is 16.2. The molecule has 2 aliphatic heterocycles. The van der Waals surface area contributed by atoms with E-state index >= 15 is 0 Å². The summed E-state index contributed by atoms with van der Waals surface area (Å²) in [6, 6.07) is 6.43. The summed E-state index contributed by atoms with van der Waals surface area (Å²) in [6.45, 7) is 4.60. The van der Waals surface area contributed by atoms with Gasteiger partial charge in [0, 0.05) is 46.1 Å². The number of carbonyl (C=O) groups is 4. The fraction of sp³-hybridized carbons (Fsp3) is 0.333. The third-order valence-electron chi connectivity index (χ3n) is 5.25. The van der Waals surface area contributed by atoms with E-state index in [0.717, 1.165) is 12.8 Å². The molecule has 0 aliphatic carbocycles. The summed E-state index contributed by atoms with van der Waals surface area (Å²) in [7, 11) is 0. The maximum atomic E-state index is 12.9. The molecular weight excluding hydrogens is 344 g/mol. The number of unbranched alkanes of at least 4 members (excludes halogenated alkanes) is 1. The Kier molecular flexibility index (Phi) is 4.06. The fourth-order valence-electron chi connectivity index (χ4n) is 3.92. The minimum Gasteiger partial charge on any atom is -0.274 e. The molecule has 27 heavy (non-hydrogen) atoms. The van der Waals surface area contributed by atoms with Crippen molar-refractivity contribution in [1.82, 2.24) is 9.80 Å². The highest BCUT2D eigenvalue weighted by Gasteiger charge is 2.39. The highest BCUT2D eigenvalue weighted by molar-refractivity contribution is 6.33. The fourth-order valence-corrected chi connectivity index (χ4v) is 3.92. The molecule has 138 valence electrons. The third-order valence-corrected chi connectivity index (χ3v) is 5.25. The summed E-state index contributed by atoms with van der Waals surface area (Å²) in [5, 5.41) is 0.870. The molecule has 0 saturated heterocycles. The lowest BCUT2D eigenvalue weighted by Crippen LogP contribution is -2.43. The predicted octanol–water partition coefficient (Wildman–Crippen LogP) is 3.24. The van der Waals surface area contributed by atoms with Crippen LogP contribution in [0.15, 0.2) is 24.3 Å². The maximum Gasteiger partial charge on any atom is 0.261 e. The Labute approximate surface area is 156 Å². The molecule has 0 unspecified atom stereocenters. The van der Waals surface area contributed by atoms with E-state index in [9.17, 15) is 19.2 Å². The number of nitrogens with zero attached hydrogens (tertiary/aromatic N) is 2. The van der Waals surface area contributed by atoms with Crippen LogP contribution in [0.4, 0.5) is 0 Å². The number of carbonyl (C=O) groups excluding carboxylic acids is 4. The summed E-state index contributed by atoms with van der Waals surface area (Å²) in [6.07, 6.45) is 2.26. The van der Waals surface area contributed by atoms with E-state index in [-0.39, 0.29) is 23.6 Å². The molecule has 0 saturated carbocycles. The van der Waals surface area contributed by atoms with Gasteiger partial charge in [0.2, 0.25) is 0 Å². The van der Waals surface area contributed by atoms with Gasteiger partial charge in [0.05, 0.1) is 0 Å². The summed E-state index contributed by atoms with van der Waals surface area (Å²) in [4.78, 5) is 54.0. The van der Waals surface area contributed by atoms with Crippen molar-refractivity contribution in [1.29, 1.82) is 0 Å². The van der Waals surface area contributed by atoms with Crippen molar-refractivity contribution in [2.24, 2.45) is 0 Å². The minimum atomic E-state index is -0.369. The van der Waals surface area contributed by atoms with Gasteiger partial charge in [0.1, 0.15) is 0 Å². The maximum absolute atomic E-state index is 12.9. The van der Waals surface area contributed by atoms with E-state index in [1.165, 1.54) is 9.80 Å². The number of imide groups is 2. The SMILES string of the molecule is CCCCN1C(=O)c2ccc3c4c(ccc(c24)C1=O)C(=O)N(CCC)C3=O. The zero-order valence-corrected chi connectivity index (χ0v) is 15.4. The predicted molar refractivity (Wildman–Crippen MR) is 99.9 cm³/mol. The summed E-state index contributed by atoms with van der Waals surface area (Å²) in [5.74, 6) is -1.46. The van der Waals surface area contributed by atoms with E-state index in [1.807, 2.05) is 13.8 Å². The topological polar surface area (TPSA) is 74.8 Å². The van der Waals surface area contributed by atoms with Gasteiger partial charge in [-0.3, -0.25) is 29.0 Å². The van der Waals surface area contributed by atoms with Gasteiger partial charge in [-0.05, 0) is 37.1 Å². The van der Waals surface area contributed by atoms with Crippen molar-refractivity contribution < 1.29 is 19.2 Å². The van der Waals surface area contributed by atoms with Crippen LogP contribution >= 0.6 is 0 Å². The highest BCUT2D eigenvalue weighted by Crippen LogP contribution is 2.37. The molecule has 6 heteroatoms. The zero-order chi connectivity index (χ0) is 19.3. The first-order valence-corrected chi connectivity index (χ1v) is 9.33. The largest absolute Gasteiger partial charge is 0.274 e. The van der Waals surface area contributed by atoms with Gasteiger partial charge in [0.25, 0.3) is 23.6 Å². The molecule has 4 amide bonds. The Morgan fingerprint density at radius 1 is 0.593 bits per heavy atom. The van der Waals surface area contributed by atoms with Crippen LogP contribution in [-0.2, 0) is 0 Å². The molecular formula is C21H20N2O4. The van der Waals surface area contributed by atoms with Crippen LogP contribution in [0.5, 0.6) is 0 Å². The van der Waals surface area contributed by atoms with Gasteiger partial charge < -0.3 is 0 Å². The molecule has 0 N–H and O–H groups in total. The second-order valence-corrected chi connectivity index (χ2v) is 6.95. The van der Waals surface area contributed by atoms with Gasteiger partial charge in [-0.1, -0.05) is 20.3 Å². The van der Waals surface area contributed by atoms with Crippen LogP contribution in [0.3, 0.4) is 0 Å². The third kappa shape index (κ3) is 2.32. The van der Waals surface area contributed by atoms with E-state index < -0.39 is 0 Å². The van der Waals surface area contributed by atoms with Crippen LogP contribution in [-0.4, -0.2) is 46.5 Å². The molecule has 0 radical (unpaired) electrons. The van der Waals surface area contributed by atoms with Crippen molar-refractivity contribution in [2.75, 3.05) is 13.1 Å². The van der Waals surface area contributed by atoms with Gasteiger partial charge in [-0.2, -0.15) is 0 Å². The summed E-state index contributed by atoms with van der Waals surface area (Å²) < 4.78 is 0. The molecule has 0 spiro atoms. The average molecular weight is 364 g/mol. The second kappa shape index (κ2) is 6.30. The van der Waals surface area contributed by atoms with Gasteiger partial charge in [-0.15, -0.1) is 0 Å². The van der Waals surface area contributed by atoms with Gasteiger partial charge in [0.15, 0.2) is 0 Å². The van der Waals surface area contributed by atoms with E-state index in [1.54, 1.807) is 24.3 Å². The molecule has 4 rings (SSSR count). The quantitative estimate of drug-likeness (QED) is 0.764. The van der Waals surface area contributed by atoms with E-state index in [2.05, 4.69) is 0 Å². The van der Waals surface area contributed by atoms with E-state index in [4.69, 9.17) is 0 Å². The Morgan fingerprint density at radius 3 is 1.30 bits per heavy atom. The number of benzene rings is 2. The smallest absolute Gasteiger partial charge is 0.261 e. The van der Waals surface area contributed by atoms with Crippen molar-refractivity contribution >= 4 is 34.4 Å². The van der Waals surface area contributed by atoms with Crippen LogP contribution in [0.25, 0.3) is 10.8 Å². The Balaban J connectivity index is 1.96. The van der Waals surface area contributed by atoms with Crippen molar-refractivity contribution in [3.8, 4) is 0 Å². The van der Waals surface area contributed by atoms with Crippen molar-refractivity contribution in [3.05, 3.63) is 46.5 Å². The first-order chi connectivity index (χ1) is 13.0. The molecule has 2 heterocycles. The van der Waals surface area contributed by atoms with Crippen molar-refractivity contribution in [3.63, 3.8) is 0 Å². The van der Waals surface area contributed by atoms with Crippen LogP contribution < -0.4 is 0 Å². The summed E-state index contributed by atoms with van der Waals surface area (Å²) in [5.41, 5.74) is 1.51. The lowest BCUT2D eigenvalue weighted by molar-refractivity contribution is 0.0588. The Bertz CT molecular complexity index is 954. The zero-order valence-electron chi connectivity index (χ0n) is 15.4. The molecule has 0 fully saturated rings. The standard InChI is InChI=1S/C21H20N2O4/c1-3-5-11-23-20(26)14-8-6-12-16-13(7-9-15(17(14)16)21(23)27)19(25)22(10-4-2)18(12)24/h6-9H,3-5,10-11H2,1-2H3. The van der Waals surface area contributed by atoms with Gasteiger partial charge >= 0.3 is 0 Å². The Hall–Kier alpha value is -3.02. The first kappa shape index (κ1) is 17.4. The molecule has 2 aliphatic rings. The minimum absolute atomic E-state index is 0.338. The lowest BCUT2D eigenvalue weighted by atomic mass is 9.86. The molecule has 0 bridgehead atoms.